The summed E-state index contributed by atoms with van der Waals surface area (Å²) in [5.41, 5.74) is 3.56. The van der Waals surface area contributed by atoms with Crippen LogP contribution in [0.4, 0.5) is 5.69 Å². The minimum atomic E-state index is -0.282. The number of hydrogen-bond donors (Lipinski definition) is 1. The maximum atomic E-state index is 11.3. The largest absolute Gasteiger partial charge is 0.323 e. The molecule has 0 aliphatic rings. The fourth-order valence-electron chi connectivity index (χ4n) is 1.64. The molecule has 1 amide bonds. The van der Waals surface area contributed by atoms with Crippen molar-refractivity contribution in [3.63, 3.8) is 0 Å². The predicted octanol–water partition coefficient (Wildman–Crippen LogP) is 0.831. The Labute approximate surface area is 105 Å². The Morgan fingerprint density at radius 2 is 2.00 bits per heavy atom. The molecule has 1 rings (SSSR count). The summed E-state index contributed by atoms with van der Waals surface area (Å²) in [5, 5.41) is 2.69. The van der Waals surface area contributed by atoms with E-state index in [2.05, 4.69) is 11.9 Å². The molecule has 17 heavy (non-hydrogen) atoms. The van der Waals surface area contributed by atoms with Gasteiger partial charge in [0, 0.05) is 5.69 Å². The maximum Gasteiger partial charge on any atom is 0.247 e. The van der Waals surface area contributed by atoms with Gasteiger partial charge >= 0.3 is 0 Å². The summed E-state index contributed by atoms with van der Waals surface area (Å²) in [6, 6.07) is 1.82. The predicted molar refractivity (Wildman–Crippen MR) is 74.9 cm³/mol. The third-order valence-corrected chi connectivity index (χ3v) is 2.77. The highest BCUT2D eigenvalue weighted by Gasteiger charge is 2.11. The van der Waals surface area contributed by atoms with Crippen LogP contribution in [0, 0.1) is 6.92 Å². The number of anilines is 1. The fraction of sp³-hybridized carbons (Fsp3) is 0.308. The summed E-state index contributed by atoms with van der Waals surface area (Å²) in [6.07, 6.45) is 1.21. The molecule has 1 aromatic carbocycles. The van der Waals surface area contributed by atoms with Gasteiger partial charge in [-0.25, -0.2) is 0 Å². The molecule has 0 atom stereocenters. The van der Waals surface area contributed by atoms with E-state index in [0.717, 1.165) is 11.1 Å². The van der Waals surface area contributed by atoms with E-state index in [1.54, 1.807) is 0 Å². The lowest BCUT2D eigenvalue weighted by Gasteiger charge is -2.19. The Balaban J connectivity index is 3.31. The minimum absolute atomic E-state index is 0.272. The minimum Gasteiger partial charge on any atom is -0.323 e. The van der Waals surface area contributed by atoms with Crippen LogP contribution in [-0.4, -0.2) is 21.6 Å². The van der Waals surface area contributed by atoms with Gasteiger partial charge in [0.15, 0.2) is 0 Å². The van der Waals surface area contributed by atoms with Crippen molar-refractivity contribution in [1.82, 2.24) is 0 Å². The molecule has 1 aromatic rings. The van der Waals surface area contributed by atoms with Gasteiger partial charge in [-0.1, -0.05) is 42.5 Å². The molecule has 0 heterocycles. The van der Waals surface area contributed by atoms with Crippen molar-refractivity contribution in [3.05, 3.63) is 29.8 Å². The van der Waals surface area contributed by atoms with E-state index in [-0.39, 0.29) is 11.8 Å². The number of carbonyl (C=O) groups excluding carboxylic acids is 1. The van der Waals surface area contributed by atoms with Crippen LogP contribution in [0.3, 0.4) is 0 Å². The molecule has 0 aliphatic carbocycles. The van der Waals surface area contributed by atoms with Gasteiger partial charge in [0.1, 0.15) is 15.7 Å². The first-order valence-electron chi connectivity index (χ1n) is 5.50. The van der Waals surface area contributed by atoms with E-state index in [1.807, 2.05) is 26.8 Å². The molecular weight excluding hydrogens is 208 g/mol. The van der Waals surface area contributed by atoms with Crippen LogP contribution in [0.15, 0.2) is 18.7 Å². The quantitative estimate of drug-likeness (QED) is 0.596. The number of amides is 1. The zero-order valence-corrected chi connectivity index (χ0v) is 10.5. The van der Waals surface area contributed by atoms with Crippen molar-refractivity contribution in [1.29, 1.82) is 0 Å². The standard InChI is InChI=1S/C13H15B2NO/c1-5-11(17)16-10-6-9(7(2)3)12(14)8(4)13(10)15/h5-7H,1H2,2-4H3,(H,16,17). The van der Waals surface area contributed by atoms with Gasteiger partial charge in [-0.15, -0.1) is 0 Å². The molecular formula is C13H15B2NO. The number of benzene rings is 1. The molecule has 0 spiro atoms. The van der Waals surface area contributed by atoms with Crippen molar-refractivity contribution in [2.75, 3.05) is 5.32 Å². The number of nitrogens with one attached hydrogen (secondary N) is 1. The second-order valence-corrected chi connectivity index (χ2v) is 4.31. The van der Waals surface area contributed by atoms with Gasteiger partial charge in [-0.3, -0.25) is 4.79 Å². The van der Waals surface area contributed by atoms with Crippen LogP contribution in [-0.2, 0) is 4.79 Å². The lowest BCUT2D eigenvalue weighted by molar-refractivity contribution is -0.111. The van der Waals surface area contributed by atoms with Gasteiger partial charge in [-0.2, -0.15) is 0 Å². The summed E-state index contributed by atoms with van der Waals surface area (Å²) in [4.78, 5) is 11.3. The number of rotatable bonds is 3. The van der Waals surface area contributed by atoms with Crippen molar-refractivity contribution in [3.8, 4) is 0 Å². The molecule has 1 N–H and O–H groups in total. The summed E-state index contributed by atoms with van der Waals surface area (Å²) >= 11 is 0. The first-order valence-corrected chi connectivity index (χ1v) is 5.50. The number of carbonyl (C=O) groups is 1. The van der Waals surface area contributed by atoms with E-state index in [1.165, 1.54) is 6.08 Å². The Morgan fingerprint density at radius 3 is 2.47 bits per heavy atom. The second-order valence-electron chi connectivity index (χ2n) is 4.31. The summed E-state index contributed by atoms with van der Waals surface area (Å²) < 4.78 is 0. The first-order chi connectivity index (χ1) is 7.88. The Kier molecular flexibility index (Phi) is 4.22. The lowest BCUT2D eigenvalue weighted by Crippen LogP contribution is -2.28. The van der Waals surface area contributed by atoms with Crippen molar-refractivity contribution < 1.29 is 4.79 Å². The monoisotopic (exact) mass is 223 g/mol. The van der Waals surface area contributed by atoms with Gasteiger partial charge in [0.05, 0.1) is 0 Å². The normalized spacial score (nSPS) is 10.4. The van der Waals surface area contributed by atoms with E-state index in [9.17, 15) is 4.79 Å². The third-order valence-electron chi connectivity index (χ3n) is 2.77. The van der Waals surface area contributed by atoms with Gasteiger partial charge < -0.3 is 5.32 Å². The van der Waals surface area contributed by atoms with Crippen molar-refractivity contribution >= 4 is 38.2 Å². The molecule has 84 valence electrons. The maximum absolute atomic E-state index is 11.3. The van der Waals surface area contributed by atoms with Gasteiger partial charge in [0.2, 0.25) is 5.91 Å². The Bertz CT molecular complexity index is 467. The summed E-state index contributed by atoms with van der Waals surface area (Å²) in [6.45, 7) is 9.34. The molecule has 4 radical (unpaired) electrons. The molecule has 0 saturated heterocycles. The van der Waals surface area contributed by atoms with Crippen molar-refractivity contribution in [2.24, 2.45) is 0 Å². The fourth-order valence-corrected chi connectivity index (χ4v) is 1.64. The zero-order chi connectivity index (χ0) is 13.2. The third kappa shape index (κ3) is 2.82. The lowest BCUT2D eigenvalue weighted by atomic mass is 9.75. The van der Waals surface area contributed by atoms with E-state index in [4.69, 9.17) is 15.7 Å². The highest BCUT2D eigenvalue weighted by Crippen LogP contribution is 2.17. The topological polar surface area (TPSA) is 29.1 Å². The smallest absolute Gasteiger partial charge is 0.247 e. The van der Waals surface area contributed by atoms with Crippen LogP contribution in [0.5, 0.6) is 0 Å². The molecule has 0 aromatic heterocycles. The second kappa shape index (κ2) is 5.26. The average Bonchev–Trinajstić information content (AvgIpc) is 2.29. The molecule has 4 heteroatoms. The van der Waals surface area contributed by atoms with E-state index >= 15 is 0 Å². The highest BCUT2D eigenvalue weighted by molar-refractivity contribution is 6.43. The van der Waals surface area contributed by atoms with E-state index in [0.29, 0.717) is 16.6 Å². The van der Waals surface area contributed by atoms with Crippen LogP contribution in [0.1, 0.15) is 30.9 Å². The van der Waals surface area contributed by atoms with Crippen molar-refractivity contribution in [2.45, 2.75) is 26.7 Å². The van der Waals surface area contributed by atoms with Crippen LogP contribution in [0.25, 0.3) is 0 Å². The molecule has 0 unspecified atom stereocenters. The molecule has 0 aliphatic heterocycles. The first kappa shape index (κ1) is 13.6. The Hall–Kier alpha value is -1.44. The summed E-state index contributed by atoms with van der Waals surface area (Å²) in [5.74, 6) is -0.00994. The van der Waals surface area contributed by atoms with E-state index < -0.39 is 0 Å². The zero-order valence-electron chi connectivity index (χ0n) is 10.5. The molecule has 2 nitrogen and oxygen atoms in total. The van der Waals surface area contributed by atoms with Crippen LogP contribution >= 0.6 is 0 Å². The Morgan fingerprint density at radius 1 is 1.41 bits per heavy atom. The van der Waals surface area contributed by atoms with Gasteiger partial charge in [-0.05, 0) is 25.0 Å². The number of hydrogen-bond acceptors (Lipinski definition) is 1. The molecule has 0 bridgehead atoms. The molecule has 0 fully saturated rings. The van der Waals surface area contributed by atoms with Crippen LogP contribution < -0.4 is 16.2 Å². The average molecular weight is 223 g/mol. The summed E-state index contributed by atoms with van der Waals surface area (Å²) in [7, 11) is 11.9. The highest BCUT2D eigenvalue weighted by atomic mass is 16.1. The van der Waals surface area contributed by atoms with Gasteiger partial charge in [0.25, 0.3) is 0 Å². The van der Waals surface area contributed by atoms with Crippen LogP contribution in [0.2, 0.25) is 0 Å². The SMILES string of the molecule is [B]c1c(NC(=O)C=C)cc(C(C)C)c([B])c1C. The molecule has 0 saturated carbocycles.